The van der Waals surface area contributed by atoms with Gasteiger partial charge in [0.25, 0.3) is 0 Å². The van der Waals surface area contributed by atoms with Gasteiger partial charge in [0.15, 0.2) is 0 Å². The fourth-order valence-corrected chi connectivity index (χ4v) is 2.52. The van der Waals surface area contributed by atoms with Gasteiger partial charge >= 0.3 is 24.3 Å². The van der Waals surface area contributed by atoms with Crippen LogP contribution >= 0.6 is 0 Å². The Kier molecular flexibility index (Phi) is 4.71. The fraction of sp³-hybridized carbons (Fsp3) is 0.125. The normalized spacial score (nSPS) is 12.1. The van der Waals surface area contributed by atoms with Gasteiger partial charge in [-0.1, -0.05) is 24.3 Å². The Morgan fingerprint density at radius 2 is 0.962 bits per heavy atom. The zero-order valence-electron chi connectivity index (χ0n) is 12.4. The van der Waals surface area contributed by atoms with Gasteiger partial charge in [0, 0.05) is 0 Å². The summed E-state index contributed by atoms with van der Waals surface area (Å²) in [5.74, 6) is -3.97. The van der Waals surface area contributed by atoms with E-state index in [0.29, 0.717) is 24.3 Å². The van der Waals surface area contributed by atoms with Crippen LogP contribution in [-0.2, 0) is 12.4 Å². The highest BCUT2D eigenvalue weighted by Gasteiger charge is 2.42. The number of hydrogen-bond donors (Lipinski definition) is 2. The molecule has 2 rings (SSSR count). The number of carboxylic acids is 2. The fourth-order valence-electron chi connectivity index (χ4n) is 2.52. The Morgan fingerprint density at radius 3 is 1.19 bits per heavy atom. The molecule has 0 amide bonds. The second-order valence-electron chi connectivity index (χ2n) is 5.06. The molecule has 0 saturated heterocycles. The maximum Gasteiger partial charge on any atom is 0.417 e. The van der Waals surface area contributed by atoms with Gasteiger partial charge in [0.05, 0.1) is 22.3 Å². The average Bonchev–Trinajstić information content (AvgIpc) is 2.51. The number of carbonyl (C=O) groups is 2. The van der Waals surface area contributed by atoms with Crippen molar-refractivity contribution in [2.24, 2.45) is 0 Å². The van der Waals surface area contributed by atoms with Crippen LogP contribution in [0.4, 0.5) is 26.3 Å². The summed E-state index contributed by atoms with van der Waals surface area (Å²) in [5.41, 5.74) is -8.23. The van der Waals surface area contributed by atoms with Crippen LogP contribution in [0, 0.1) is 0 Å². The van der Waals surface area contributed by atoms with Crippen molar-refractivity contribution in [2.75, 3.05) is 0 Å². The number of rotatable bonds is 3. The number of hydrogen-bond acceptors (Lipinski definition) is 2. The Morgan fingerprint density at radius 1 is 0.654 bits per heavy atom. The molecule has 2 N–H and O–H groups in total. The first-order chi connectivity index (χ1) is 11.9. The molecule has 0 bridgehead atoms. The van der Waals surface area contributed by atoms with Crippen molar-refractivity contribution in [1.29, 1.82) is 0 Å². The highest BCUT2D eigenvalue weighted by molar-refractivity contribution is 5.95. The van der Waals surface area contributed by atoms with Gasteiger partial charge in [-0.2, -0.15) is 26.3 Å². The van der Waals surface area contributed by atoms with Gasteiger partial charge in [-0.3, -0.25) is 0 Å². The Balaban J connectivity index is 2.99. The molecule has 138 valence electrons. The van der Waals surface area contributed by atoms with E-state index < -0.39 is 57.7 Å². The monoisotopic (exact) mass is 378 g/mol. The zero-order chi connectivity index (χ0) is 19.9. The average molecular weight is 378 g/mol. The Bertz CT molecular complexity index is 810. The molecule has 0 atom stereocenters. The van der Waals surface area contributed by atoms with E-state index in [1.54, 1.807) is 0 Å². The molecular weight excluding hydrogens is 370 g/mol. The molecule has 26 heavy (non-hydrogen) atoms. The van der Waals surface area contributed by atoms with Crippen LogP contribution in [0.3, 0.4) is 0 Å². The number of halogens is 6. The van der Waals surface area contributed by atoms with Crippen LogP contribution in [0.25, 0.3) is 11.1 Å². The molecular formula is C16H8F6O4. The van der Waals surface area contributed by atoms with E-state index in [1.165, 1.54) is 0 Å². The SMILES string of the molecule is O=C(O)c1cccc(-c2cccc(C(=O)O)c2C(F)(F)F)c1C(F)(F)F. The van der Waals surface area contributed by atoms with Crippen molar-refractivity contribution in [3.8, 4) is 11.1 Å². The largest absolute Gasteiger partial charge is 0.478 e. The predicted molar refractivity (Wildman–Crippen MR) is 75.8 cm³/mol. The lowest BCUT2D eigenvalue weighted by Gasteiger charge is -2.20. The van der Waals surface area contributed by atoms with Crippen LogP contribution in [-0.4, -0.2) is 22.2 Å². The summed E-state index contributed by atoms with van der Waals surface area (Å²) in [6, 6.07) is 4.21. The summed E-state index contributed by atoms with van der Waals surface area (Å²) in [6.45, 7) is 0. The summed E-state index contributed by atoms with van der Waals surface area (Å²) in [5, 5.41) is 17.9. The molecule has 0 heterocycles. The number of benzene rings is 2. The molecule has 0 aromatic heterocycles. The molecule has 2 aromatic carbocycles. The minimum atomic E-state index is -5.29. The molecule has 0 fully saturated rings. The summed E-state index contributed by atoms with van der Waals surface area (Å²) >= 11 is 0. The minimum absolute atomic E-state index is 0.600. The van der Waals surface area contributed by atoms with Crippen molar-refractivity contribution < 1.29 is 46.1 Å². The topological polar surface area (TPSA) is 74.6 Å². The smallest absolute Gasteiger partial charge is 0.417 e. The molecule has 0 aliphatic carbocycles. The van der Waals surface area contributed by atoms with Crippen LogP contribution in [0.2, 0.25) is 0 Å². The second-order valence-corrected chi connectivity index (χ2v) is 5.06. The maximum atomic E-state index is 13.4. The van der Waals surface area contributed by atoms with Crippen molar-refractivity contribution in [1.82, 2.24) is 0 Å². The van der Waals surface area contributed by atoms with Gasteiger partial charge in [-0.25, -0.2) is 9.59 Å². The third-order valence-electron chi connectivity index (χ3n) is 3.45. The zero-order valence-corrected chi connectivity index (χ0v) is 12.4. The van der Waals surface area contributed by atoms with Crippen LogP contribution in [0.15, 0.2) is 36.4 Å². The molecule has 0 aliphatic heterocycles. The second kappa shape index (κ2) is 6.36. The van der Waals surface area contributed by atoms with Crippen molar-refractivity contribution in [3.05, 3.63) is 58.7 Å². The van der Waals surface area contributed by atoms with E-state index in [9.17, 15) is 35.9 Å². The molecule has 0 saturated carbocycles. The molecule has 0 aliphatic rings. The van der Waals surface area contributed by atoms with Crippen molar-refractivity contribution >= 4 is 11.9 Å². The van der Waals surface area contributed by atoms with E-state index in [1.807, 2.05) is 0 Å². The van der Waals surface area contributed by atoms with Crippen molar-refractivity contribution in [2.45, 2.75) is 12.4 Å². The van der Waals surface area contributed by atoms with Crippen molar-refractivity contribution in [3.63, 3.8) is 0 Å². The molecule has 2 aromatic rings. The van der Waals surface area contributed by atoms with E-state index in [-0.39, 0.29) is 0 Å². The van der Waals surface area contributed by atoms with Crippen LogP contribution < -0.4 is 0 Å². The number of alkyl halides is 6. The van der Waals surface area contributed by atoms with E-state index in [4.69, 9.17) is 10.2 Å². The molecule has 0 spiro atoms. The number of aromatic carboxylic acids is 2. The molecule has 0 radical (unpaired) electrons. The lowest BCUT2D eigenvalue weighted by molar-refractivity contribution is -0.139. The summed E-state index contributed by atoms with van der Waals surface area (Å²) in [4.78, 5) is 22.2. The quantitative estimate of drug-likeness (QED) is 0.754. The van der Waals surface area contributed by atoms with Gasteiger partial charge < -0.3 is 10.2 Å². The van der Waals surface area contributed by atoms with Crippen LogP contribution in [0.5, 0.6) is 0 Å². The van der Waals surface area contributed by atoms with E-state index in [0.717, 1.165) is 12.1 Å². The summed E-state index contributed by atoms with van der Waals surface area (Å²) in [6.07, 6.45) is -10.6. The van der Waals surface area contributed by atoms with E-state index >= 15 is 0 Å². The van der Waals surface area contributed by atoms with E-state index in [2.05, 4.69) is 0 Å². The third-order valence-corrected chi connectivity index (χ3v) is 3.45. The van der Waals surface area contributed by atoms with Gasteiger partial charge in [0.1, 0.15) is 0 Å². The number of carboxylic acid groups (broad SMARTS) is 2. The van der Waals surface area contributed by atoms with Crippen LogP contribution in [0.1, 0.15) is 31.8 Å². The van der Waals surface area contributed by atoms with Gasteiger partial charge in [-0.15, -0.1) is 0 Å². The molecule has 0 unspecified atom stereocenters. The van der Waals surface area contributed by atoms with Gasteiger partial charge in [0.2, 0.25) is 0 Å². The summed E-state index contributed by atoms with van der Waals surface area (Å²) in [7, 11) is 0. The summed E-state index contributed by atoms with van der Waals surface area (Å²) < 4.78 is 80.3. The molecule has 10 heteroatoms. The third kappa shape index (κ3) is 3.48. The Labute approximate surface area is 141 Å². The first-order valence-corrected chi connectivity index (χ1v) is 6.73. The minimum Gasteiger partial charge on any atom is -0.478 e. The lowest BCUT2D eigenvalue weighted by atomic mass is 9.89. The lowest BCUT2D eigenvalue weighted by Crippen LogP contribution is -2.18. The highest BCUT2D eigenvalue weighted by Crippen LogP contribution is 2.45. The predicted octanol–water partition coefficient (Wildman–Crippen LogP) is 4.79. The maximum absolute atomic E-state index is 13.4. The molecule has 4 nitrogen and oxygen atoms in total. The standard InChI is InChI=1S/C16H8F6O4/c17-15(18,19)11-7(3-1-5-9(11)13(23)24)8-4-2-6-10(14(25)26)12(8)16(20,21)22/h1-6H,(H,23,24)(H,25,26). The first-order valence-electron chi connectivity index (χ1n) is 6.73. The first kappa shape index (κ1) is 19.3. The van der Waals surface area contributed by atoms with Gasteiger partial charge in [-0.05, 0) is 23.3 Å². The Hall–Kier alpha value is -3.04. The highest BCUT2D eigenvalue weighted by atomic mass is 19.4.